The quantitative estimate of drug-likeness (QED) is 0.583. The first-order valence-corrected chi connectivity index (χ1v) is 12.2. The first kappa shape index (κ1) is 26.3. The molecule has 4 unspecified atom stereocenters. The fraction of sp³-hybridized carbons (Fsp3) is 0.464. The van der Waals surface area contributed by atoms with E-state index in [2.05, 4.69) is 17.6 Å². The molecule has 0 heterocycles. The highest BCUT2D eigenvalue weighted by molar-refractivity contribution is 5.92. The maximum atomic E-state index is 13.7. The summed E-state index contributed by atoms with van der Waals surface area (Å²) in [4.78, 5) is 41.3. The lowest BCUT2D eigenvalue weighted by molar-refractivity contribution is -0.143. The number of amides is 3. The maximum absolute atomic E-state index is 13.7. The minimum atomic E-state index is -0.854. The van der Waals surface area contributed by atoms with Gasteiger partial charge >= 0.3 is 6.09 Å². The van der Waals surface area contributed by atoms with Crippen LogP contribution in [-0.2, 0) is 20.9 Å². The van der Waals surface area contributed by atoms with Gasteiger partial charge in [-0.05, 0) is 58.1 Å². The standard InChI is InChI=1S/C28H37N3O4/c1-18-12-14-22(15-13-18)24(25(32)29-17-21-10-8-7-9-11-21)31(23-16-19(23)2)26(33)20(3)30-27(34)35-28(4,5)6/h7-15,19-20,23-24H,16-17H2,1-6H3,(H,29,32)(H,30,34). The van der Waals surface area contributed by atoms with Crippen LogP contribution in [0.1, 0.15) is 63.8 Å². The SMILES string of the molecule is Cc1ccc(C(C(=O)NCc2ccccc2)N(C(=O)C(C)NC(=O)OC(C)(C)C)C2CC2C)cc1. The van der Waals surface area contributed by atoms with Gasteiger partial charge < -0.3 is 20.3 Å². The van der Waals surface area contributed by atoms with Crippen molar-refractivity contribution in [3.63, 3.8) is 0 Å². The first-order valence-electron chi connectivity index (χ1n) is 12.2. The van der Waals surface area contributed by atoms with Crippen molar-refractivity contribution >= 4 is 17.9 Å². The van der Waals surface area contributed by atoms with Gasteiger partial charge in [-0.25, -0.2) is 4.79 Å². The first-order chi connectivity index (χ1) is 16.5. The fourth-order valence-electron chi connectivity index (χ4n) is 4.01. The molecule has 0 spiro atoms. The minimum Gasteiger partial charge on any atom is -0.444 e. The third-order valence-corrected chi connectivity index (χ3v) is 6.01. The van der Waals surface area contributed by atoms with Gasteiger partial charge in [0.05, 0.1) is 0 Å². The van der Waals surface area contributed by atoms with Gasteiger partial charge in [-0.15, -0.1) is 0 Å². The molecule has 188 valence electrons. The Bertz CT molecular complexity index is 1030. The lowest BCUT2D eigenvalue weighted by Gasteiger charge is -2.34. The Labute approximate surface area is 208 Å². The highest BCUT2D eigenvalue weighted by Crippen LogP contribution is 2.40. The smallest absolute Gasteiger partial charge is 0.408 e. The molecule has 4 atom stereocenters. The van der Waals surface area contributed by atoms with Crippen molar-refractivity contribution in [2.75, 3.05) is 0 Å². The van der Waals surface area contributed by atoms with Gasteiger partial charge in [0, 0.05) is 12.6 Å². The van der Waals surface area contributed by atoms with Gasteiger partial charge in [-0.2, -0.15) is 0 Å². The molecule has 7 heteroatoms. The Morgan fingerprint density at radius 3 is 2.20 bits per heavy atom. The monoisotopic (exact) mass is 479 g/mol. The predicted octanol–water partition coefficient (Wildman–Crippen LogP) is 4.50. The van der Waals surface area contributed by atoms with Crippen molar-refractivity contribution in [2.45, 2.75) is 78.2 Å². The van der Waals surface area contributed by atoms with E-state index in [9.17, 15) is 14.4 Å². The van der Waals surface area contributed by atoms with Crippen LogP contribution in [0.25, 0.3) is 0 Å². The lowest BCUT2D eigenvalue weighted by atomic mass is 10.0. The molecular weight excluding hydrogens is 442 g/mol. The molecule has 0 saturated heterocycles. The Morgan fingerprint density at radius 2 is 1.66 bits per heavy atom. The van der Waals surface area contributed by atoms with Crippen LogP contribution in [0.4, 0.5) is 4.79 Å². The Kier molecular flexibility index (Phi) is 8.20. The molecule has 1 fully saturated rings. The average Bonchev–Trinajstić information content (AvgIpc) is 3.51. The highest BCUT2D eigenvalue weighted by atomic mass is 16.6. The predicted molar refractivity (Wildman–Crippen MR) is 135 cm³/mol. The number of hydrogen-bond donors (Lipinski definition) is 2. The molecule has 1 saturated carbocycles. The number of rotatable bonds is 8. The summed E-state index contributed by atoms with van der Waals surface area (Å²) in [6.45, 7) is 11.3. The van der Waals surface area contributed by atoms with Crippen LogP contribution in [0.2, 0.25) is 0 Å². The molecular formula is C28H37N3O4. The van der Waals surface area contributed by atoms with Crippen LogP contribution in [0.15, 0.2) is 54.6 Å². The van der Waals surface area contributed by atoms with E-state index in [1.807, 2.05) is 61.5 Å². The molecule has 3 amide bonds. The number of ether oxygens (including phenoxy) is 1. The van der Waals surface area contributed by atoms with Crippen LogP contribution in [0.3, 0.4) is 0 Å². The number of nitrogens with zero attached hydrogens (tertiary/aromatic N) is 1. The molecule has 1 aliphatic carbocycles. The number of carbonyl (C=O) groups excluding carboxylic acids is 3. The van der Waals surface area contributed by atoms with E-state index >= 15 is 0 Å². The maximum Gasteiger partial charge on any atom is 0.408 e. The second-order valence-corrected chi connectivity index (χ2v) is 10.4. The van der Waals surface area contributed by atoms with E-state index in [1.165, 1.54) is 0 Å². The summed E-state index contributed by atoms with van der Waals surface area (Å²) in [5.74, 6) is -0.303. The zero-order valence-electron chi connectivity index (χ0n) is 21.5. The molecule has 0 bridgehead atoms. The fourth-order valence-corrected chi connectivity index (χ4v) is 4.01. The average molecular weight is 480 g/mol. The van der Waals surface area contributed by atoms with E-state index in [4.69, 9.17) is 4.74 Å². The van der Waals surface area contributed by atoms with Gasteiger partial charge in [-0.1, -0.05) is 67.1 Å². The largest absolute Gasteiger partial charge is 0.444 e. The number of benzene rings is 2. The van der Waals surface area contributed by atoms with Gasteiger partial charge in [0.15, 0.2) is 0 Å². The van der Waals surface area contributed by atoms with Crippen molar-refractivity contribution in [3.8, 4) is 0 Å². The van der Waals surface area contributed by atoms with Gasteiger partial charge in [-0.3, -0.25) is 9.59 Å². The van der Waals surface area contributed by atoms with Crippen LogP contribution < -0.4 is 10.6 Å². The summed E-state index contributed by atoms with van der Waals surface area (Å²) in [6, 6.07) is 15.6. The Hall–Kier alpha value is -3.35. The van der Waals surface area contributed by atoms with Crippen molar-refractivity contribution in [1.82, 2.24) is 15.5 Å². The molecule has 3 rings (SSSR count). The van der Waals surface area contributed by atoms with Gasteiger partial charge in [0.1, 0.15) is 17.7 Å². The van der Waals surface area contributed by atoms with Crippen molar-refractivity contribution in [3.05, 3.63) is 71.3 Å². The molecule has 35 heavy (non-hydrogen) atoms. The van der Waals surface area contributed by atoms with E-state index in [0.717, 1.165) is 23.1 Å². The molecule has 0 radical (unpaired) electrons. The summed E-state index contributed by atoms with van der Waals surface area (Å²) < 4.78 is 5.33. The summed E-state index contributed by atoms with van der Waals surface area (Å²) in [5, 5.41) is 5.65. The molecule has 7 nitrogen and oxygen atoms in total. The van der Waals surface area contributed by atoms with E-state index < -0.39 is 23.8 Å². The zero-order chi connectivity index (χ0) is 25.8. The van der Waals surface area contributed by atoms with Crippen LogP contribution >= 0.6 is 0 Å². The molecule has 0 aromatic heterocycles. The van der Waals surface area contributed by atoms with Crippen LogP contribution in [0, 0.1) is 12.8 Å². The number of nitrogens with one attached hydrogen (secondary N) is 2. The number of aryl methyl sites for hydroxylation is 1. The third-order valence-electron chi connectivity index (χ3n) is 6.01. The number of carbonyl (C=O) groups is 3. The van der Waals surface area contributed by atoms with E-state index in [-0.39, 0.29) is 23.8 Å². The van der Waals surface area contributed by atoms with Gasteiger partial charge in [0.2, 0.25) is 11.8 Å². The Morgan fingerprint density at radius 1 is 1.06 bits per heavy atom. The van der Waals surface area contributed by atoms with Crippen molar-refractivity contribution in [2.24, 2.45) is 5.92 Å². The molecule has 2 aromatic rings. The van der Waals surface area contributed by atoms with E-state index in [0.29, 0.717) is 6.54 Å². The second-order valence-electron chi connectivity index (χ2n) is 10.4. The van der Waals surface area contributed by atoms with E-state index in [1.54, 1.807) is 32.6 Å². The topological polar surface area (TPSA) is 87.7 Å². The molecule has 2 aromatic carbocycles. The summed E-state index contributed by atoms with van der Waals surface area (Å²) in [7, 11) is 0. The molecule has 0 aliphatic heterocycles. The molecule has 2 N–H and O–H groups in total. The summed E-state index contributed by atoms with van der Waals surface area (Å²) in [6.07, 6.45) is 0.140. The molecule has 1 aliphatic rings. The minimum absolute atomic E-state index is 0.0841. The van der Waals surface area contributed by atoms with Gasteiger partial charge in [0.25, 0.3) is 0 Å². The summed E-state index contributed by atoms with van der Waals surface area (Å²) >= 11 is 0. The number of hydrogen-bond acceptors (Lipinski definition) is 4. The Balaban J connectivity index is 1.87. The lowest BCUT2D eigenvalue weighted by Crippen LogP contribution is -2.53. The third kappa shape index (κ3) is 7.31. The summed E-state index contributed by atoms with van der Waals surface area (Å²) in [5.41, 5.74) is 2.09. The van der Waals surface area contributed by atoms with Crippen molar-refractivity contribution in [1.29, 1.82) is 0 Å². The number of alkyl carbamates (subject to hydrolysis) is 1. The second kappa shape index (κ2) is 10.9. The van der Waals surface area contributed by atoms with Crippen LogP contribution in [0.5, 0.6) is 0 Å². The zero-order valence-corrected chi connectivity index (χ0v) is 21.5. The van der Waals surface area contributed by atoms with Crippen molar-refractivity contribution < 1.29 is 19.1 Å². The normalized spacial score (nSPS) is 18.7. The highest BCUT2D eigenvalue weighted by Gasteiger charge is 2.47. The van der Waals surface area contributed by atoms with Crippen LogP contribution in [-0.4, -0.2) is 40.5 Å².